The Morgan fingerprint density at radius 2 is 2.05 bits per heavy atom. The standard InChI is InChI=1S/C15H19N3S3/c1-4-18(5-2)15(19)21-14-12-10-7-6-8-11(10)20-13(12)16-9(3)17-14/h4-8H2,1-3H3. The summed E-state index contributed by atoms with van der Waals surface area (Å²) >= 11 is 9.06. The smallest absolute Gasteiger partial charge is 0.142 e. The minimum Gasteiger partial charge on any atom is -0.358 e. The van der Waals surface area contributed by atoms with E-state index in [0.29, 0.717) is 0 Å². The molecule has 0 spiro atoms. The number of thiocarbonyl (C=S) groups is 1. The SMILES string of the molecule is CCN(CC)C(=S)Sc1nc(C)nc2sc3c(c12)CCC3. The Balaban J connectivity index is 2.03. The summed E-state index contributed by atoms with van der Waals surface area (Å²) < 4.78 is 0.914. The summed E-state index contributed by atoms with van der Waals surface area (Å²) in [5.41, 5.74) is 1.47. The van der Waals surface area contributed by atoms with Crippen molar-refractivity contribution in [2.75, 3.05) is 13.1 Å². The number of rotatable bonds is 3. The summed E-state index contributed by atoms with van der Waals surface area (Å²) in [5.74, 6) is 0.840. The lowest BCUT2D eigenvalue weighted by Crippen LogP contribution is -2.26. The van der Waals surface area contributed by atoms with E-state index in [-0.39, 0.29) is 0 Å². The van der Waals surface area contributed by atoms with Crippen LogP contribution >= 0.6 is 35.3 Å². The number of thioether (sulfide) groups is 1. The van der Waals surface area contributed by atoms with Crippen molar-refractivity contribution in [3.8, 4) is 0 Å². The van der Waals surface area contributed by atoms with Crippen molar-refractivity contribution >= 4 is 49.9 Å². The van der Waals surface area contributed by atoms with E-state index in [1.54, 1.807) is 11.8 Å². The van der Waals surface area contributed by atoms with Gasteiger partial charge in [0.2, 0.25) is 0 Å². The zero-order valence-electron chi connectivity index (χ0n) is 12.6. The van der Waals surface area contributed by atoms with Crippen LogP contribution < -0.4 is 0 Å². The number of aryl methyl sites for hydroxylation is 3. The fraction of sp³-hybridized carbons (Fsp3) is 0.533. The summed E-state index contributed by atoms with van der Waals surface area (Å²) in [6.07, 6.45) is 3.61. The van der Waals surface area contributed by atoms with Crippen LogP contribution in [0.5, 0.6) is 0 Å². The van der Waals surface area contributed by atoms with E-state index >= 15 is 0 Å². The number of hydrogen-bond acceptors (Lipinski definition) is 5. The Morgan fingerprint density at radius 1 is 1.29 bits per heavy atom. The van der Waals surface area contributed by atoms with E-state index in [2.05, 4.69) is 28.7 Å². The number of thiophene rings is 1. The van der Waals surface area contributed by atoms with Crippen molar-refractivity contribution in [1.82, 2.24) is 14.9 Å². The zero-order chi connectivity index (χ0) is 15.0. The lowest BCUT2D eigenvalue weighted by Gasteiger charge is -2.20. The van der Waals surface area contributed by atoms with Gasteiger partial charge in [0.25, 0.3) is 0 Å². The molecule has 6 heteroatoms. The van der Waals surface area contributed by atoms with Crippen molar-refractivity contribution in [2.45, 2.75) is 45.1 Å². The molecule has 1 aliphatic carbocycles. The Morgan fingerprint density at radius 3 is 2.76 bits per heavy atom. The second kappa shape index (κ2) is 6.18. The van der Waals surface area contributed by atoms with E-state index < -0.39 is 0 Å². The molecule has 3 rings (SSSR count). The first-order valence-corrected chi connectivity index (χ1v) is 9.43. The first-order chi connectivity index (χ1) is 10.1. The normalized spacial score (nSPS) is 13.7. The molecule has 0 amide bonds. The average molecular weight is 338 g/mol. The molecular weight excluding hydrogens is 318 g/mol. The molecule has 0 aliphatic heterocycles. The van der Waals surface area contributed by atoms with Crippen LogP contribution in [-0.4, -0.2) is 32.3 Å². The van der Waals surface area contributed by atoms with Gasteiger partial charge >= 0.3 is 0 Å². The molecule has 0 N–H and O–H groups in total. The molecule has 0 unspecified atom stereocenters. The minimum atomic E-state index is 0.840. The average Bonchev–Trinajstić information content (AvgIpc) is 2.99. The molecule has 2 heterocycles. The zero-order valence-corrected chi connectivity index (χ0v) is 15.1. The second-order valence-corrected chi connectivity index (χ2v) is 7.86. The maximum Gasteiger partial charge on any atom is 0.142 e. The fourth-order valence-electron chi connectivity index (χ4n) is 2.77. The van der Waals surface area contributed by atoms with Crippen LogP contribution in [0.25, 0.3) is 10.2 Å². The van der Waals surface area contributed by atoms with Gasteiger partial charge in [-0.3, -0.25) is 0 Å². The Hall–Kier alpha value is -0.720. The van der Waals surface area contributed by atoms with Crippen molar-refractivity contribution in [3.63, 3.8) is 0 Å². The van der Waals surface area contributed by atoms with Gasteiger partial charge in [-0.1, -0.05) is 12.2 Å². The summed E-state index contributed by atoms with van der Waals surface area (Å²) in [5, 5.41) is 2.31. The molecule has 0 atom stereocenters. The third-order valence-electron chi connectivity index (χ3n) is 3.85. The van der Waals surface area contributed by atoms with E-state index in [9.17, 15) is 0 Å². The predicted molar refractivity (Wildman–Crippen MR) is 95.6 cm³/mol. The van der Waals surface area contributed by atoms with E-state index in [1.807, 2.05) is 18.3 Å². The highest BCUT2D eigenvalue weighted by Crippen LogP contribution is 2.40. The molecule has 2 aromatic rings. The minimum absolute atomic E-state index is 0.840. The Bertz CT molecular complexity index is 689. The van der Waals surface area contributed by atoms with Crippen LogP contribution in [0, 0.1) is 6.92 Å². The van der Waals surface area contributed by atoms with Gasteiger partial charge in [0.05, 0.1) is 0 Å². The molecule has 1 aliphatic rings. The van der Waals surface area contributed by atoms with Gasteiger partial charge in [-0.15, -0.1) is 11.3 Å². The highest BCUT2D eigenvalue weighted by atomic mass is 32.2. The molecule has 21 heavy (non-hydrogen) atoms. The Kier molecular flexibility index (Phi) is 4.47. The van der Waals surface area contributed by atoms with Crippen LogP contribution in [0.1, 0.15) is 36.5 Å². The van der Waals surface area contributed by atoms with Crippen molar-refractivity contribution < 1.29 is 0 Å². The fourth-order valence-corrected chi connectivity index (χ4v) is 5.69. The summed E-state index contributed by atoms with van der Waals surface area (Å²) in [4.78, 5) is 14.2. The molecule has 0 radical (unpaired) electrons. The van der Waals surface area contributed by atoms with Gasteiger partial charge < -0.3 is 4.90 Å². The monoisotopic (exact) mass is 337 g/mol. The topological polar surface area (TPSA) is 29.0 Å². The highest BCUT2D eigenvalue weighted by Gasteiger charge is 2.23. The number of nitrogens with zero attached hydrogens (tertiary/aromatic N) is 3. The molecule has 0 saturated carbocycles. The molecule has 0 fully saturated rings. The van der Waals surface area contributed by atoms with E-state index in [0.717, 1.165) is 39.5 Å². The molecule has 0 saturated heterocycles. The summed E-state index contributed by atoms with van der Waals surface area (Å²) in [6.45, 7) is 8.13. The summed E-state index contributed by atoms with van der Waals surface area (Å²) in [6, 6.07) is 0. The summed E-state index contributed by atoms with van der Waals surface area (Å²) in [7, 11) is 0. The molecule has 0 aromatic carbocycles. The second-order valence-electron chi connectivity index (χ2n) is 5.15. The van der Waals surface area contributed by atoms with Crippen molar-refractivity contribution in [3.05, 3.63) is 16.3 Å². The van der Waals surface area contributed by atoms with Gasteiger partial charge in [-0.05, 0) is 57.4 Å². The van der Waals surface area contributed by atoms with E-state index in [1.165, 1.54) is 28.7 Å². The van der Waals surface area contributed by atoms with Gasteiger partial charge in [0, 0.05) is 23.4 Å². The first-order valence-electron chi connectivity index (χ1n) is 7.39. The molecule has 112 valence electrons. The number of fused-ring (bicyclic) bond motifs is 3. The highest BCUT2D eigenvalue weighted by molar-refractivity contribution is 8.23. The van der Waals surface area contributed by atoms with Crippen molar-refractivity contribution in [2.24, 2.45) is 0 Å². The van der Waals surface area contributed by atoms with Crippen LogP contribution in [0.4, 0.5) is 0 Å². The predicted octanol–water partition coefficient (Wildman–Crippen LogP) is 4.21. The lowest BCUT2D eigenvalue weighted by atomic mass is 10.2. The Labute approximate surface area is 139 Å². The molecule has 3 nitrogen and oxygen atoms in total. The quantitative estimate of drug-likeness (QED) is 0.475. The van der Waals surface area contributed by atoms with Crippen LogP contribution in [-0.2, 0) is 12.8 Å². The molecule has 2 aromatic heterocycles. The third-order valence-corrected chi connectivity index (χ3v) is 6.46. The molecule has 0 bridgehead atoms. The van der Waals surface area contributed by atoms with Gasteiger partial charge in [-0.2, -0.15) is 0 Å². The van der Waals surface area contributed by atoms with Gasteiger partial charge in [0.1, 0.15) is 20.0 Å². The first kappa shape index (κ1) is 15.2. The van der Waals surface area contributed by atoms with Gasteiger partial charge in [0.15, 0.2) is 0 Å². The van der Waals surface area contributed by atoms with Crippen LogP contribution in [0.15, 0.2) is 5.03 Å². The largest absolute Gasteiger partial charge is 0.358 e. The number of hydrogen-bond donors (Lipinski definition) is 0. The third kappa shape index (κ3) is 2.81. The number of aromatic nitrogens is 2. The van der Waals surface area contributed by atoms with E-state index in [4.69, 9.17) is 12.2 Å². The van der Waals surface area contributed by atoms with Gasteiger partial charge in [-0.25, -0.2) is 9.97 Å². The van der Waals surface area contributed by atoms with Crippen LogP contribution in [0.3, 0.4) is 0 Å². The van der Waals surface area contributed by atoms with Crippen LogP contribution in [0.2, 0.25) is 0 Å². The van der Waals surface area contributed by atoms with Crippen molar-refractivity contribution in [1.29, 1.82) is 0 Å². The lowest BCUT2D eigenvalue weighted by molar-refractivity contribution is 0.482. The maximum absolute atomic E-state index is 5.60. The molecular formula is C15H19N3S3. The maximum atomic E-state index is 5.60.